The number of hydrogen-bond acceptors (Lipinski definition) is 3. The first-order valence-electron chi connectivity index (χ1n) is 5.27. The number of amides is 1. The van der Waals surface area contributed by atoms with Gasteiger partial charge in [0.1, 0.15) is 0 Å². The Balaban J connectivity index is 2.67. The predicted molar refractivity (Wildman–Crippen MR) is 67.7 cm³/mol. The smallest absolute Gasteiger partial charge is 0.251 e. The van der Waals surface area contributed by atoms with E-state index in [-0.39, 0.29) is 12.5 Å². The summed E-state index contributed by atoms with van der Waals surface area (Å²) in [7, 11) is -3.19. The minimum absolute atomic E-state index is 0.0968. The lowest BCUT2D eigenvalue weighted by Gasteiger charge is -2.22. The van der Waals surface area contributed by atoms with Crippen LogP contribution >= 0.6 is 0 Å². The molecule has 1 aromatic rings. The van der Waals surface area contributed by atoms with Crippen LogP contribution in [0.3, 0.4) is 0 Å². The molecule has 0 radical (unpaired) electrons. The van der Waals surface area contributed by atoms with Gasteiger partial charge in [-0.3, -0.25) is 4.79 Å². The van der Waals surface area contributed by atoms with Gasteiger partial charge < -0.3 is 5.32 Å². The molecule has 94 valence electrons. The molecule has 0 aliphatic heterocycles. The van der Waals surface area contributed by atoms with Crippen molar-refractivity contribution >= 4 is 15.7 Å². The van der Waals surface area contributed by atoms with Gasteiger partial charge in [-0.25, -0.2) is 8.42 Å². The highest BCUT2D eigenvalue weighted by atomic mass is 32.2. The maximum absolute atomic E-state index is 11.7. The quantitative estimate of drug-likeness (QED) is 0.880. The van der Waals surface area contributed by atoms with Crippen molar-refractivity contribution in [3.63, 3.8) is 0 Å². The molecule has 1 aromatic carbocycles. The molecule has 5 heteroatoms. The summed E-state index contributed by atoms with van der Waals surface area (Å²) in [6.45, 7) is 3.28. The number of hydrogen-bond donors (Lipinski definition) is 1. The molecular formula is C12H17NO3S. The van der Waals surface area contributed by atoms with Gasteiger partial charge in [0, 0.05) is 18.4 Å². The fraction of sp³-hybridized carbons (Fsp3) is 0.417. The molecular weight excluding hydrogens is 238 g/mol. The van der Waals surface area contributed by atoms with Gasteiger partial charge in [-0.2, -0.15) is 0 Å². The fourth-order valence-corrected chi connectivity index (χ4v) is 1.45. The highest BCUT2D eigenvalue weighted by molar-refractivity contribution is 7.92. The van der Waals surface area contributed by atoms with Crippen molar-refractivity contribution < 1.29 is 13.2 Å². The normalized spacial score (nSPS) is 12.2. The third-order valence-corrected chi connectivity index (χ3v) is 4.87. The lowest BCUT2D eigenvalue weighted by molar-refractivity contribution is 0.0950. The van der Waals surface area contributed by atoms with Gasteiger partial charge in [-0.1, -0.05) is 18.2 Å². The highest BCUT2D eigenvalue weighted by Gasteiger charge is 2.30. The Hall–Kier alpha value is -1.36. The first-order valence-corrected chi connectivity index (χ1v) is 7.16. The second kappa shape index (κ2) is 4.87. The van der Waals surface area contributed by atoms with Crippen molar-refractivity contribution in [2.45, 2.75) is 18.6 Å². The lowest BCUT2D eigenvalue weighted by atomic mass is 10.2. The van der Waals surface area contributed by atoms with Crippen molar-refractivity contribution in [2.24, 2.45) is 0 Å². The van der Waals surface area contributed by atoms with E-state index in [9.17, 15) is 13.2 Å². The molecule has 0 fully saturated rings. The first-order chi connectivity index (χ1) is 7.74. The molecule has 1 rings (SSSR count). The van der Waals surface area contributed by atoms with E-state index in [0.717, 1.165) is 0 Å². The molecule has 0 saturated carbocycles. The van der Waals surface area contributed by atoms with Crippen LogP contribution in [-0.2, 0) is 9.84 Å². The third kappa shape index (κ3) is 3.56. The van der Waals surface area contributed by atoms with Crippen LogP contribution in [0.1, 0.15) is 24.2 Å². The summed E-state index contributed by atoms with van der Waals surface area (Å²) in [6.07, 6.45) is 1.17. The van der Waals surface area contributed by atoms with Crippen molar-refractivity contribution in [3.8, 4) is 0 Å². The Morgan fingerprint density at radius 2 is 1.76 bits per heavy atom. The van der Waals surface area contributed by atoms with E-state index in [4.69, 9.17) is 0 Å². The van der Waals surface area contributed by atoms with Crippen molar-refractivity contribution in [2.75, 3.05) is 12.8 Å². The number of rotatable bonds is 4. The molecule has 0 atom stereocenters. The Morgan fingerprint density at radius 1 is 1.24 bits per heavy atom. The van der Waals surface area contributed by atoms with Crippen LogP contribution in [0.4, 0.5) is 0 Å². The second-order valence-electron chi connectivity index (χ2n) is 4.58. The number of benzene rings is 1. The van der Waals surface area contributed by atoms with Crippen molar-refractivity contribution in [3.05, 3.63) is 35.9 Å². The van der Waals surface area contributed by atoms with E-state index in [1.807, 2.05) is 6.07 Å². The third-order valence-electron chi connectivity index (χ3n) is 2.71. The van der Waals surface area contributed by atoms with Crippen LogP contribution in [0.2, 0.25) is 0 Å². The van der Waals surface area contributed by atoms with Gasteiger partial charge in [0.2, 0.25) is 0 Å². The van der Waals surface area contributed by atoms with Crippen molar-refractivity contribution in [1.29, 1.82) is 0 Å². The van der Waals surface area contributed by atoms with Crippen LogP contribution in [0, 0.1) is 0 Å². The molecule has 0 saturated heterocycles. The molecule has 0 aliphatic rings. The fourth-order valence-electron chi connectivity index (χ4n) is 1.12. The van der Waals surface area contributed by atoms with Crippen LogP contribution in [0.25, 0.3) is 0 Å². The van der Waals surface area contributed by atoms with Gasteiger partial charge in [0.15, 0.2) is 9.84 Å². The van der Waals surface area contributed by atoms with Crippen LogP contribution in [0.5, 0.6) is 0 Å². The minimum Gasteiger partial charge on any atom is -0.350 e. The average Bonchev–Trinajstić information content (AvgIpc) is 2.25. The number of carbonyl (C=O) groups excluding carboxylic acids is 1. The summed E-state index contributed by atoms with van der Waals surface area (Å²) in [5.41, 5.74) is 0.525. The molecule has 0 aliphatic carbocycles. The predicted octanol–water partition coefficient (Wildman–Crippen LogP) is 1.24. The largest absolute Gasteiger partial charge is 0.350 e. The van der Waals surface area contributed by atoms with E-state index in [2.05, 4.69) is 5.32 Å². The number of nitrogens with one attached hydrogen (secondary N) is 1. The maximum atomic E-state index is 11.7. The molecule has 0 spiro atoms. The van der Waals surface area contributed by atoms with Gasteiger partial charge in [0.25, 0.3) is 5.91 Å². The summed E-state index contributed by atoms with van der Waals surface area (Å²) in [4.78, 5) is 11.7. The van der Waals surface area contributed by atoms with Crippen LogP contribution in [-0.4, -0.2) is 31.9 Å². The molecule has 4 nitrogen and oxygen atoms in total. The highest BCUT2D eigenvalue weighted by Crippen LogP contribution is 2.13. The molecule has 0 unspecified atom stereocenters. The lowest BCUT2D eigenvalue weighted by Crippen LogP contribution is -2.43. The maximum Gasteiger partial charge on any atom is 0.251 e. The topological polar surface area (TPSA) is 63.2 Å². The zero-order chi connectivity index (χ0) is 13.1. The van der Waals surface area contributed by atoms with E-state index in [0.29, 0.717) is 5.56 Å². The van der Waals surface area contributed by atoms with E-state index >= 15 is 0 Å². The molecule has 17 heavy (non-hydrogen) atoms. The molecule has 1 amide bonds. The second-order valence-corrected chi connectivity index (χ2v) is 7.23. The Morgan fingerprint density at radius 3 is 2.24 bits per heavy atom. The summed E-state index contributed by atoms with van der Waals surface area (Å²) < 4.78 is 21.9. The number of sulfone groups is 1. The molecule has 1 N–H and O–H groups in total. The summed E-state index contributed by atoms with van der Waals surface area (Å²) in [5, 5.41) is 2.63. The Labute approximate surface area is 102 Å². The standard InChI is InChI=1S/C12H17NO3S/c1-12(2,17(3,15)16)9-13-11(14)10-7-5-4-6-8-10/h4-8H,9H2,1-3H3,(H,13,14). The minimum atomic E-state index is -3.19. The Kier molecular flexibility index (Phi) is 3.93. The van der Waals surface area contributed by atoms with E-state index in [1.54, 1.807) is 38.1 Å². The monoisotopic (exact) mass is 255 g/mol. The van der Waals surface area contributed by atoms with Crippen LogP contribution < -0.4 is 5.32 Å². The van der Waals surface area contributed by atoms with E-state index in [1.165, 1.54) is 6.26 Å². The summed E-state index contributed by atoms with van der Waals surface area (Å²) >= 11 is 0. The number of carbonyl (C=O) groups is 1. The molecule has 0 aromatic heterocycles. The zero-order valence-corrected chi connectivity index (χ0v) is 11.0. The van der Waals surface area contributed by atoms with E-state index < -0.39 is 14.6 Å². The average molecular weight is 255 g/mol. The Bertz CT molecular complexity index is 492. The molecule has 0 bridgehead atoms. The first kappa shape index (κ1) is 13.7. The molecule has 0 heterocycles. The summed E-state index contributed by atoms with van der Waals surface area (Å²) in [5.74, 6) is -0.262. The van der Waals surface area contributed by atoms with Gasteiger partial charge in [-0.05, 0) is 26.0 Å². The SMILES string of the molecule is CC(C)(CNC(=O)c1ccccc1)S(C)(=O)=O. The zero-order valence-electron chi connectivity index (χ0n) is 10.2. The van der Waals surface area contributed by atoms with Gasteiger partial charge in [0.05, 0.1) is 4.75 Å². The van der Waals surface area contributed by atoms with Crippen LogP contribution in [0.15, 0.2) is 30.3 Å². The van der Waals surface area contributed by atoms with Gasteiger partial charge >= 0.3 is 0 Å². The van der Waals surface area contributed by atoms with Gasteiger partial charge in [-0.15, -0.1) is 0 Å². The van der Waals surface area contributed by atoms with Crippen molar-refractivity contribution in [1.82, 2.24) is 5.32 Å². The summed E-state index contributed by atoms with van der Waals surface area (Å²) in [6, 6.07) is 8.70.